The number of nitrogens with zero attached hydrogens (tertiary/aromatic N) is 2. The molecule has 6 heteroatoms. The van der Waals surface area contributed by atoms with E-state index in [4.69, 9.17) is 22.2 Å². The van der Waals surface area contributed by atoms with Gasteiger partial charge in [-0.3, -0.25) is 10.5 Å². The largest absolute Gasteiger partial charge is 0.493 e. The fraction of sp³-hybridized carbons (Fsp3) is 0.357. The summed E-state index contributed by atoms with van der Waals surface area (Å²) in [5.74, 6) is 6.44. The Balaban J connectivity index is 2.51. The molecule has 0 radical (unpaired) electrons. The molecule has 0 bridgehead atoms. The van der Waals surface area contributed by atoms with Gasteiger partial charge >= 0.3 is 0 Å². The van der Waals surface area contributed by atoms with Gasteiger partial charge in [0.25, 0.3) is 0 Å². The normalized spacial score (nSPS) is 12.4. The van der Waals surface area contributed by atoms with Gasteiger partial charge in [-0.1, -0.05) is 23.7 Å². The van der Waals surface area contributed by atoms with E-state index in [-0.39, 0.29) is 6.04 Å². The maximum Gasteiger partial charge on any atom is 0.161 e. The minimum Gasteiger partial charge on any atom is -0.493 e. The highest BCUT2D eigenvalue weighted by Gasteiger charge is 2.22. The van der Waals surface area contributed by atoms with Crippen molar-refractivity contribution in [3.63, 3.8) is 0 Å². The predicted molar refractivity (Wildman–Crippen MR) is 79.8 cm³/mol. The monoisotopic (exact) mass is 294 g/mol. The molecular weight excluding hydrogens is 276 g/mol. The van der Waals surface area contributed by atoms with Gasteiger partial charge in [0.15, 0.2) is 5.75 Å². The van der Waals surface area contributed by atoms with Crippen molar-refractivity contribution in [1.82, 2.24) is 15.2 Å². The summed E-state index contributed by atoms with van der Waals surface area (Å²) in [5.41, 5.74) is 5.70. The van der Waals surface area contributed by atoms with Gasteiger partial charge in [0.05, 0.1) is 19.3 Å². The lowest BCUT2D eigenvalue weighted by Crippen LogP contribution is -2.31. The Morgan fingerprint density at radius 1 is 1.50 bits per heavy atom. The summed E-state index contributed by atoms with van der Waals surface area (Å²) in [4.78, 5) is 0. The van der Waals surface area contributed by atoms with Gasteiger partial charge in [-0.15, -0.1) is 0 Å². The zero-order valence-electron chi connectivity index (χ0n) is 11.9. The quantitative estimate of drug-likeness (QED) is 0.656. The second-order valence-electron chi connectivity index (χ2n) is 4.52. The number of aromatic nitrogens is 2. The molecule has 1 heterocycles. The van der Waals surface area contributed by atoms with E-state index in [0.29, 0.717) is 10.8 Å². The number of benzene rings is 1. The van der Waals surface area contributed by atoms with Crippen LogP contribution in [0.25, 0.3) is 0 Å². The summed E-state index contributed by atoms with van der Waals surface area (Å²) in [6, 6.07) is 5.65. The molecule has 3 N–H and O–H groups in total. The molecule has 1 aromatic carbocycles. The summed E-state index contributed by atoms with van der Waals surface area (Å²) < 4.78 is 7.23. The highest BCUT2D eigenvalue weighted by Crippen LogP contribution is 2.31. The SMILES string of the molecule is CCn1ncc(OC)c1C(NN)c1ccc(C)c(Cl)c1. The molecule has 1 unspecified atom stereocenters. The van der Waals surface area contributed by atoms with Crippen LogP contribution in [0, 0.1) is 6.92 Å². The van der Waals surface area contributed by atoms with Crippen LogP contribution in [-0.2, 0) is 6.54 Å². The summed E-state index contributed by atoms with van der Waals surface area (Å²) in [6.45, 7) is 4.72. The second-order valence-corrected chi connectivity index (χ2v) is 4.93. The minimum atomic E-state index is -0.231. The summed E-state index contributed by atoms with van der Waals surface area (Å²) in [6.07, 6.45) is 1.69. The number of hydrogen-bond acceptors (Lipinski definition) is 4. The van der Waals surface area contributed by atoms with Gasteiger partial charge in [0, 0.05) is 11.6 Å². The van der Waals surface area contributed by atoms with E-state index in [0.717, 1.165) is 23.4 Å². The van der Waals surface area contributed by atoms with E-state index in [1.165, 1.54) is 0 Å². The summed E-state index contributed by atoms with van der Waals surface area (Å²) in [5, 5.41) is 5.02. The van der Waals surface area contributed by atoms with Crippen molar-refractivity contribution in [2.75, 3.05) is 7.11 Å². The van der Waals surface area contributed by atoms with E-state index >= 15 is 0 Å². The Morgan fingerprint density at radius 3 is 2.80 bits per heavy atom. The molecular formula is C14H19ClN4O. The average Bonchev–Trinajstić information content (AvgIpc) is 2.86. The topological polar surface area (TPSA) is 65.1 Å². The molecule has 108 valence electrons. The number of rotatable bonds is 5. The zero-order valence-corrected chi connectivity index (χ0v) is 12.6. The van der Waals surface area contributed by atoms with Crippen LogP contribution in [0.1, 0.15) is 29.8 Å². The van der Waals surface area contributed by atoms with Crippen LogP contribution >= 0.6 is 11.6 Å². The number of nitrogens with two attached hydrogens (primary N) is 1. The summed E-state index contributed by atoms with van der Waals surface area (Å²) >= 11 is 6.20. The van der Waals surface area contributed by atoms with Crippen molar-refractivity contribution in [3.05, 3.63) is 46.2 Å². The molecule has 5 nitrogen and oxygen atoms in total. The van der Waals surface area contributed by atoms with Crippen LogP contribution in [0.5, 0.6) is 5.75 Å². The van der Waals surface area contributed by atoms with E-state index in [1.54, 1.807) is 13.3 Å². The number of halogens is 1. The molecule has 0 aliphatic heterocycles. The maximum absolute atomic E-state index is 6.20. The Kier molecular flexibility index (Phi) is 4.65. The Labute approximate surface area is 123 Å². The standard InChI is InChI=1S/C14H19ClN4O/c1-4-19-14(12(20-3)8-17-19)13(18-16)10-6-5-9(2)11(15)7-10/h5-8,13,18H,4,16H2,1-3H3. The molecule has 0 spiro atoms. The van der Waals surface area contributed by atoms with Crippen LogP contribution in [0.3, 0.4) is 0 Å². The van der Waals surface area contributed by atoms with Gasteiger partial charge < -0.3 is 4.74 Å². The number of hydrogen-bond donors (Lipinski definition) is 2. The van der Waals surface area contributed by atoms with E-state index < -0.39 is 0 Å². The number of hydrazine groups is 1. The summed E-state index contributed by atoms with van der Waals surface area (Å²) in [7, 11) is 1.62. The first-order valence-electron chi connectivity index (χ1n) is 6.44. The van der Waals surface area contributed by atoms with Crippen LogP contribution in [-0.4, -0.2) is 16.9 Å². The van der Waals surface area contributed by atoms with Crippen molar-refractivity contribution >= 4 is 11.6 Å². The van der Waals surface area contributed by atoms with Crippen molar-refractivity contribution in [3.8, 4) is 5.75 Å². The first-order valence-corrected chi connectivity index (χ1v) is 6.82. The fourth-order valence-corrected chi connectivity index (χ4v) is 2.39. The maximum atomic E-state index is 6.20. The Hall–Kier alpha value is -1.56. The Bertz CT molecular complexity index is 575. The molecule has 0 amide bonds. The lowest BCUT2D eigenvalue weighted by molar-refractivity contribution is 0.399. The number of nitrogens with one attached hydrogen (secondary N) is 1. The third kappa shape index (κ3) is 2.65. The number of aryl methyl sites for hydroxylation is 2. The molecule has 2 aromatic rings. The Morgan fingerprint density at radius 2 is 2.25 bits per heavy atom. The minimum absolute atomic E-state index is 0.231. The number of methoxy groups -OCH3 is 1. The molecule has 0 aliphatic rings. The third-order valence-corrected chi connectivity index (χ3v) is 3.74. The van der Waals surface area contributed by atoms with Gasteiger partial charge in [0.1, 0.15) is 5.69 Å². The molecule has 2 rings (SSSR count). The van der Waals surface area contributed by atoms with E-state index in [2.05, 4.69) is 10.5 Å². The average molecular weight is 295 g/mol. The molecule has 0 aliphatic carbocycles. The lowest BCUT2D eigenvalue weighted by Gasteiger charge is -2.19. The molecule has 1 aromatic heterocycles. The van der Waals surface area contributed by atoms with Gasteiger partial charge in [-0.05, 0) is 31.0 Å². The molecule has 0 saturated carbocycles. The van der Waals surface area contributed by atoms with Crippen LogP contribution in [0.4, 0.5) is 0 Å². The highest BCUT2D eigenvalue weighted by atomic mass is 35.5. The van der Waals surface area contributed by atoms with E-state index in [1.807, 2.05) is 36.7 Å². The van der Waals surface area contributed by atoms with Crippen molar-refractivity contribution < 1.29 is 4.74 Å². The lowest BCUT2D eigenvalue weighted by atomic mass is 10.0. The third-order valence-electron chi connectivity index (χ3n) is 3.33. The van der Waals surface area contributed by atoms with Crippen molar-refractivity contribution in [2.24, 2.45) is 5.84 Å². The number of ether oxygens (including phenoxy) is 1. The highest BCUT2D eigenvalue weighted by molar-refractivity contribution is 6.31. The van der Waals surface area contributed by atoms with Crippen molar-refractivity contribution in [2.45, 2.75) is 26.4 Å². The van der Waals surface area contributed by atoms with Crippen molar-refractivity contribution in [1.29, 1.82) is 0 Å². The zero-order chi connectivity index (χ0) is 14.7. The second kappa shape index (κ2) is 6.26. The van der Waals surface area contributed by atoms with Gasteiger partial charge in [0.2, 0.25) is 0 Å². The smallest absolute Gasteiger partial charge is 0.161 e. The molecule has 20 heavy (non-hydrogen) atoms. The van der Waals surface area contributed by atoms with Crippen LogP contribution in [0.2, 0.25) is 5.02 Å². The fourth-order valence-electron chi connectivity index (χ4n) is 2.20. The molecule has 0 fully saturated rings. The predicted octanol–water partition coefficient (Wildman–Crippen LogP) is 2.43. The van der Waals surface area contributed by atoms with Crippen LogP contribution in [0.15, 0.2) is 24.4 Å². The van der Waals surface area contributed by atoms with E-state index in [9.17, 15) is 0 Å². The molecule has 1 atom stereocenters. The van der Waals surface area contributed by atoms with Gasteiger partial charge in [-0.25, -0.2) is 5.43 Å². The molecule has 0 saturated heterocycles. The van der Waals surface area contributed by atoms with Gasteiger partial charge in [-0.2, -0.15) is 5.10 Å². The first-order chi connectivity index (χ1) is 9.62. The van der Waals surface area contributed by atoms with Crippen LogP contribution < -0.4 is 16.0 Å². The first kappa shape index (κ1) is 14.8.